The highest BCUT2D eigenvalue weighted by atomic mass is 16.4. The van der Waals surface area contributed by atoms with Gasteiger partial charge in [-0.15, -0.1) is 0 Å². The lowest BCUT2D eigenvalue weighted by Crippen LogP contribution is -2.29. The van der Waals surface area contributed by atoms with Gasteiger partial charge in [0.15, 0.2) is 0 Å². The average Bonchev–Trinajstić information content (AvgIpc) is 1.97. The van der Waals surface area contributed by atoms with Crippen molar-refractivity contribution in [2.24, 2.45) is 0 Å². The molecule has 0 aromatic carbocycles. The third-order valence-electron chi connectivity index (χ3n) is 1.12. The van der Waals surface area contributed by atoms with Crippen molar-refractivity contribution in [2.45, 2.75) is 18.9 Å². The van der Waals surface area contributed by atoms with Crippen molar-refractivity contribution in [1.82, 2.24) is 5.32 Å². The first kappa shape index (κ1) is 9.61. The maximum absolute atomic E-state index is 10.1. The van der Waals surface area contributed by atoms with Gasteiger partial charge in [-0.05, 0) is 6.42 Å². The first-order valence-corrected chi connectivity index (χ1v) is 3.07. The molecule has 0 saturated heterocycles. The van der Waals surface area contributed by atoms with Gasteiger partial charge in [0, 0.05) is 6.42 Å². The Labute approximate surface area is 63.4 Å². The third-order valence-corrected chi connectivity index (χ3v) is 1.12. The summed E-state index contributed by atoms with van der Waals surface area (Å²) in [7, 11) is 0. The van der Waals surface area contributed by atoms with Crippen molar-refractivity contribution in [2.75, 3.05) is 0 Å². The SMILES string of the molecule is O=CN[C@@H](C=O)CCC(=O)O. The number of hydrogen-bond acceptors (Lipinski definition) is 3. The molecule has 0 aliphatic rings. The molecule has 0 saturated carbocycles. The molecule has 0 spiro atoms. The van der Waals surface area contributed by atoms with Gasteiger partial charge < -0.3 is 15.2 Å². The van der Waals surface area contributed by atoms with Crippen molar-refractivity contribution in [3.8, 4) is 0 Å². The second-order valence-electron chi connectivity index (χ2n) is 1.96. The van der Waals surface area contributed by atoms with Gasteiger partial charge >= 0.3 is 5.97 Å². The zero-order chi connectivity index (χ0) is 8.69. The van der Waals surface area contributed by atoms with Crippen LogP contribution in [0.5, 0.6) is 0 Å². The second-order valence-corrected chi connectivity index (χ2v) is 1.96. The highest BCUT2D eigenvalue weighted by Gasteiger charge is 2.07. The van der Waals surface area contributed by atoms with Crippen LogP contribution in [0.15, 0.2) is 0 Å². The van der Waals surface area contributed by atoms with E-state index in [1.54, 1.807) is 0 Å². The zero-order valence-electron chi connectivity index (χ0n) is 5.82. The van der Waals surface area contributed by atoms with E-state index in [4.69, 9.17) is 5.11 Å². The van der Waals surface area contributed by atoms with E-state index < -0.39 is 12.0 Å². The fraction of sp³-hybridized carbons (Fsp3) is 0.500. The molecule has 0 radical (unpaired) electrons. The monoisotopic (exact) mass is 159 g/mol. The Bertz CT molecular complexity index is 157. The number of carbonyl (C=O) groups is 3. The standard InChI is InChI=1S/C6H9NO4/c8-3-5(7-4-9)1-2-6(10)11/h3-5H,1-2H2,(H,7,9)(H,10,11)/t5-/m1/s1. The van der Waals surface area contributed by atoms with Crippen molar-refractivity contribution >= 4 is 18.7 Å². The van der Waals surface area contributed by atoms with Crippen LogP contribution in [0.3, 0.4) is 0 Å². The smallest absolute Gasteiger partial charge is 0.303 e. The lowest BCUT2D eigenvalue weighted by Gasteiger charge is -2.04. The quantitative estimate of drug-likeness (QED) is 0.495. The molecular weight excluding hydrogens is 150 g/mol. The van der Waals surface area contributed by atoms with Gasteiger partial charge in [-0.3, -0.25) is 9.59 Å². The van der Waals surface area contributed by atoms with E-state index in [-0.39, 0.29) is 12.8 Å². The topological polar surface area (TPSA) is 83.5 Å². The van der Waals surface area contributed by atoms with Crippen molar-refractivity contribution in [1.29, 1.82) is 0 Å². The summed E-state index contributed by atoms with van der Waals surface area (Å²) < 4.78 is 0. The van der Waals surface area contributed by atoms with E-state index in [0.29, 0.717) is 12.7 Å². The van der Waals surface area contributed by atoms with Crippen LogP contribution in [0, 0.1) is 0 Å². The first-order valence-electron chi connectivity index (χ1n) is 3.07. The Morgan fingerprint density at radius 1 is 1.55 bits per heavy atom. The number of rotatable bonds is 6. The van der Waals surface area contributed by atoms with Gasteiger partial charge in [-0.1, -0.05) is 0 Å². The molecule has 0 aromatic rings. The normalized spacial score (nSPS) is 11.6. The molecule has 11 heavy (non-hydrogen) atoms. The Hall–Kier alpha value is -1.39. The van der Waals surface area contributed by atoms with E-state index in [1.165, 1.54) is 0 Å². The van der Waals surface area contributed by atoms with E-state index in [9.17, 15) is 14.4 Å². The van der Waals surface area contributed by atoms with E-state index in [0.717, 1.165) is 0 Å². The Morgan fingerprint density at radius 3 is 2.55 bits per heavy atom. The molecule has 0 aliphatic carbocycles. The maximum Gasteiger partial charge on any atom is 0.303 e. The van der Waals surface area contributed by atoms with Crippen LogP contribution in [0.25, 0.3) is 0 Å². The summed E-state index contributed by atoms with van der Waals surface area (Å²) in [6, 6.07) is -0.677. The van der Waals surface area contributed by atoms with Crippen LogP contribution in [-0.2, 0) is 14.4 Å². The lowest BCUT2D eigenvalue weighted by atomic mass is 10.2. The predicted octanol–water partition coefficient (Wildman–Crippen LogP) is -0.835. The minimum Gasteiger partial charge on any atom is -0.481 e. The molecular formula is C6H9NO4. The number of aliphatic carboxylic acids is 1. The molecule has 1 atom stereocenters. The van der Waals surface area contributed by atoms with Crippen LogP contribution in [-0.4, -0.2) is 29.8 Å². The molecule has 0 rings (SSSR count). The Balaban J connectivity index is 3.59. The second kappa shape index (κ2) is 5.40. The van der Waals surface area contributed by atoms with Gasteiger partial charge in [-0.25, -0.2) is 0 Å². The van der Waals surface area contributed by atoms with Crippen LogP contribution in [0.4, 0.5) is 0 Å². The molecule has 1 amide bonds. The number of hydrogen-bond donors (Lipinski definition) is 2. The van der Waals surface area contributed by atoms with Crippen LogP contribution in [0.2, 0.25) is 0 Å². The molecule has 5 heteroatoms. The summed E-state index contributed by atoms with van der Waals surface area (Å²) in [5, 5.41) is 10.4. The fourth-order valence-electron chi connectivity index (χ4n) is 0.557. The average molecular weight is 159 g/mol. The number of carbonyl (C=O) groups excluding carboxylic acids is 2. The Kier molecular flexibility index (Phi) is 4.72. The summed E-state index contributed by atoms with van der Waals surface area (Å²) in [6.45, 7) is 0. The molecule has 5 nitrogen and oxygen atoms in total. The summed E-state index contributed by atoms with van der Waals surface area (Å²) in [5.41, 5.74) is 0. The summed E-state index contributed by atoms with van der Waals surface area (Å²) >= 11 is 0. The van der Waals surface area contributed by atoms with Crippen molar-refractivity contribution in [3.05, 3.63) is 0 Å². The lowest BCUT2D eigenvalue weighted by molar-refractivity contribution is -0.137. The van der Waals surface area contributed by atoms with Gasteiger partial charge in [0.2, 0.25) is 6.41 Å². The molecule has 0 bridgehead atoms. The molecule has 0 aliphatic heterocycles. The summed E-state index contributed by atoms with van der Waals surface area (Å²) in [5.74, 6) is -0.982. The highest BCUT2D eigenvalue weighted by molar-refractivity contribution is 5.69. The highest BCUT2D eigenvalue weighted by Crippen LogP contribution is 1.92. The van der Waals surface area contributed by atoms with Crippen LogP contribution in [0.1, 0.15) is 12.8 Å². The van der Waals surface area contributed by atoms with Crippen LogP contribution < -0.4 is 5.32 Å². The molecule has 0 heterocycles. The fourth-order valence-corrected chi connectivity index (χ4v) is 0.557. The first-order chi connectivity index (χ1) is 5.20. The van der Waals surface area contributed by atoms with Crippen molar-refractivity contribution < 1.29 is 19.5 Å². The number of aldehydes is 1. The van der Waals surface area contributed by atoms with E-state index in [1.807, 2.05) is 0 Å². The molecule has 0 unspecified atom stereocenters. The molecule has 2 N–H and O–H groups in total. The van der Waals surface area contributed by atoms with E-state index in [2.05, 4.69) is 5.32 Å². The number of carboxylic acids is 1. The maximum atomic E-state index is 10.1. The summed E-state index contributed by atoms with van der Waals surface area (Å²) in [6.07, 6.45) is 0.903. The van der Waals surface area contributed by atoms with Crippen molar-refractivity contribution in [3.63, 3.8) is 0 Å². The predicted molar refractivity (Wildman–Crippen MR) is 35.9 cm³/mol. The van der Waals surface area contributed by atoms with E-state index >= 15 is 0 Å². The third kappa shape index (κ3) is 5.07. The molecule has 0 fully saturated rings. The number of nitrogens with one attached hydrogen (secondary N) is 1. The van der Waals surface area contributed by atoms with Gasteiger partial charge in [0.25, 0.3) is 0 Å². The molecule has 62 valence electrons. The van der Waals surface area contributed by atoms with Gasteiger partial charge in [0.1, 0.15) is 6.29 Å². The largest absolute Gasteiger partial charge is 0.481 e. The zero-order valence-corrected chi connectivity index (χ0v) is 5.82. The summed E-state index contributed by atoms with van der Waals surface area (Å²) in [4.78, 5) is 29.9. The Morgan fingerprint density at radius 2 is 2.18 bits per heavy atom. The molecule has 0 aromatic heterocycles. The minimum atomic E-state index is -0.982. The van der Waals surface area contributed by atoms with Gasteiger partial charge in [0.05, 0.1) is 6.04 Å². The minimum absolute atomic E-state index is 0.121. The van der Waals surface area contributed by atoms with Crippen LogP contribution >= 0.6 is 0 Å². The number of carboxylic acid groups (broad SMARTS) is 1. The van der Waals surface area contributed by atoms with Gasteiger partial charge in [-0.2, -0.15) is 0 Å². The number of amides is 1.